The van der Waals surface area contributed by atoms with Crippen molar-refractivity contribution >= 4 is 257 Å². The number of hydrogen-bond donors (Lipinski definition) is 1. The summed E-state index contributed by atoms with van der Waals surface area (Å²) in [6, 6.07) is 82.9. The standard InChI is InChI=1S/C28H25NO2S.C26H23NOS.C20H20FNO3S.C11H10BrFO.C9H11NO2S.2CH3.I3.6HI.3V/c1-21(30)31-27-19-22-20-29(18-17-26(22)32-27)28(23-11-5-2-6-12-23,24-13-7-3-8-14-24)25-15-9-4-10-16-25;28-25-18-20-19-27(17-16-24(20)29-25)26(21-10-4-1-5-11-21,22-12-6-2-7-13-22)23-14-8-3-9-15-23;1-12(23)25-18-10-14-11-22(9-8-17(14)26-18)19(20(24)13-6-7-13)15-4-2-3-5-16(15)21;12-10(11(14)7-5-6-7)8-3-1-2-4-9(8)13;1-6(11)12-9-4-7-5-10-3-2-8(7)13-9;;;1-3-2;;;;;;;;;/h2-16,19H,17-18,20H2,1H3;1-15,18,24H,16-17,19H2;2-5,10,13,19H,6-9,11H2,1H3;1-4,7,10H,5-6H2;4,10H,2-3,5H2,1H3;2*1H3;;6*1H;;;/q;;;;;3*-1;;;;;;;;+2;+3/p-5. The fraction of sp³-hybridized carbons (Fsp3) is 0.271. The van der Waals surface area contributed by atoms with Gasteiger partial charge in [0.25, 0.3) is 0 Å². The third-order valence-electron chi connectivity index (χ3n) is 21.5. The van der Waals surface area contributed by atoms with Crippen LogP contribution in [0, 0.1) is 38.3 Å². The number of alkyl halides is 1. The van der Waals surface area contributed by atoms with E-state index in [9.17, 15) is 37.5 Å². The van der Waals surface area contributed by atoms with Crippen LogP contribution < -0.4 is 32.8 Å². The fourth-order valence-corrected chi connectivity index (χ4v) is 21.0. The van der Waals surface area contributed by atoms with Gasteiger partial charge in [-0.1, -0.05) is 246 Å². The minimum absolute atomic E-state index is 0. The molecule has 8 aromatic carbocycles. The average molecular weight is 2990 g/mol. The SMILES string of the molecule is CC(=O)Oc1cc2c(s1)CCN(C(C(=O)C1CC1)c1ccccc1F)C2.CC(=O)Oc1cc2c(s1)CCN(C(c1ccccc1)(c1ccccc1)c1ccccc1)C2.CC(=O)Oc1cc2c(s1)CCNC2.I.I[I-]I.O=C(C1CC1)C(Br)c1ccccc1F.O=C1C=C2CN(C(c3ccccc3)(c3ccccc3)c3ccccc3)CCC2S1.[CH3-].[CH3-].[I][V]([I])[I].[I][V][I].[V]. The van der Waals surface area contributed by atoms with Crippen molar-refractivity contribution < 1.29 is 98.0 Å². The predicted octanol–water partition coefficient (Wildman–Crippen LogP) is 24.4. The molecule has 0 spiro atoms. The number of ketones is 2. The monoisotopic (exact) mass is 2990 g/mol. The maximum atomic E-state index is 14.4. The van der Waals surface area contributed by atoms with Crippen LogP contribution in [0.25, 0.3) is 0 Å². The van der Waals surface area contributed by atoms with E-state index in [0.717, 1.165) is 101 Å². The molecule has 1 saturated heterocycles. The topological polar surface area (TPSA) is 152 Å². The van der Waals surface area contributed by atoms with E-state index in [-0.39, 0.29) is 120 Å². The number of rotatable bonds is 18. The number of halogens is 12. The molecule has 2 aliphatic carbocycles. The molecule has 11 aromatic rings. The predicted molar refractivity (Wildman–Crippen MR) is 579 cm³/mol. The maximum absolute atomic E-state index is 14.4. The van der Waals surface area contributed by atoms with Crippen molar-refractivity contribution in [3.8, 4) is 15.2 Å². The molecule has 1 N–H and O–H groups in total. The first kappa shape index (κ1) is 114. The minimum atomic E-state index is -0.547. The van der Waals surface area contributed by atoms with Crippen molar-refractivity contribution in [2.24, 2.45) is 11.8 Å². The molecule has 3 aromatic heterocycles. The molecule has 680 valence electrons. The van der Waals surface area contributed by atoms with Crippen LogP contribution >= 0.6 is 223 Å². The number of likely N-dealkylation sites (tertiary alicyclic amines) is 1. The van der Waals surface area contributed by atoms with Gasteiger partial charge in [-0.05, 0) is 143 Å². The zero-order chi connectivity index (χ0) is 88.3. The van der Waals surface area contributed by atoms with E-state index < -0.39 is 21.9 Å². The minimum Gasteiger partial charge on any atom is 0 e. The Hall–Kier alpha value is -1.13. The number of thiophene rings is 3. The Bertz CT molecular complexity index is 5160. The molecule has 3 fully saturated rings. The van der Waals surface area contributed by atoms with Crippen molar-refractivity contribution in [2.75, 3.05) is 32.7 Å². The average Bonchev–Trinajstić information content (AvgIpc) is 0.972. The summed E-state index contributed by atoms with van der Waals surface area (Å²) in [5, 5.41) is 5.82. The van der Waals surface area contributed by atoms with Gasteiger partial charge in [-0.15, -0.1) is 58.0 Å². The first-order valence-electron chi connectivity index (χ1n) is 39.9. The first-order valence-corrected chi connectivity index (χ1v) is 79.2. The van der Waals surface area contributed by atoms with Gasteiger partial charge < -0.3 is 34.4 Å². The van der Waals surface area contributed by atoms with E-state index in [4.69, 9.17) is 14.2 Å². The molecule has 3 atom stereocenters. The Balaban J connectivity index is 0.000000218. The van der Waals surface area contributed by atoms with Crippen LogP contribution in [0.1, 0.15) is 140 Å². The molecule has 0 amide bonds. The van der Waals surface area contributed by atoms with E-state index >= 15 is 0 Å². The van der Waals surface area contributed by atoms with Crippen LogP contribution in [0.4, 0.5) is 8.78 Å². The van der Waals surface area contributed by atoms with Gasteiger partial charge in [-0.2, -0.15) is 0 Å². The molecule has 7 aliphatic rings. The summed E-state index contributed by atoms with van der Waals surface area (Å²) in [4.78, 5) is 80.2. The number of nitrogens with one attached hydrogen (secondary N) is 1. The summed E-state index contributed by atoms with van der Waals surface area (Å²) in [6.45, 7) is 10.9. The number of hydrogen-bond acceptors (Lipinski definition) is 17. The molecule has 32 heteroatoms. The molecule has 8 heterocycles. The molecule has 5 aliphatic heterocycles. The smallest absolute Gasteiger partial charge is 0 e. The summed E-state index contributed by atoms with van der Waals surface area (Å²) in [5.41, 5.74) is 12.4. The number of thioether (sulfide) groups is 1. The Morgan fingerprint density at radius 1 is 0.500 bits per heavy atom. The van der Waals surface area contributed by atoms with Crippen LogP contribution in [-0.2, 0) is 112 Å². The van der Waals surface area contributed by atoms with Gasteiger partial charge in [-0.25, -0.2) is 8.78 Å². The molecule has 2 saturated carbocycles. The molecule has 1 radical (unpaired) electrons. The molecule has 3 unspecified atom stereocenters. The second kappa shape index (κ2) is 58.1. The van der Waals surface area contributed by atoms with Crippen LogP contribution in [0.3, 0.4) is 0 Å². The van der Waals surface area contributed by atoms with Gasteiger partial charge in [0.05, 0.1) is 17.1 Å². The Labute approximate surface area is 902 Å². The van der Waals surface area contributed by atoms with E-state index in [1.165, 1.54) is 121 Å². The van der Waals surface area contributed by atoms with E-state index in [2.05, 4.69) is 355 Å². The van der Waals surface area contributed by atoms with Gasteiger partial charge in [0, 0.05) is 135 Å². The summed E-state index contributed by atoms with van der Waals surface area (Å²) in [7, 11) is 0.628. The number of fused-ring (bicyclic) bond motifs is 4. The van der Waals surface area contributed by atoms with Crippen molar-refractivity contribution in [3.05, 3.63) is 363 Å². The van der Waals surface area contributed by atoms with Gasteiger partial charge >= 0.3 is 183 Å². The van der Waals surface area contributed by atoms with Gasteiger partial charge in [0.15, 0.2) is 26.8 Å². The zero-order valence-electron chi connectivity index (χ0n) is 70.5. The largest absolute Gasteiger partial charge is 0 e. The number of piperidine rings is 1. The van der Waals surface area contributed by atoms with Crippen molar-refractivity contribution in [1.82, 2.24) is 20.0 Å². The third kappa shape index (κ3) is 32.0. The Morgan fingerprint density at radius 2 is 0.836 bits per heavy atom. The molecular weight excluding hydrogens is 2890 g/mol. The van der Waals surface area contributed by atoms with Gasteiger partial charge in [-0.3, -0.25) is 43.5 Å². The van der Waals surface area contributed by atoms with E-state index in [1.54, 1.807) is 59.1 Å². The summed E-state index contributed by atoms with van der Waals surface area (Å²) < 4.78 is 43.4. The number of carbonyl (C=O) groups excluding carboxylic acids is 6. The van der Waals surface area contributed by atoms with Crippen LogP contribution in [0.2, 0.25) is 0 Å². The molecular formula is C96H96BrF2I9N4O9S4V3-3. The number of nitrogens with zero attached hydrogens (tertiary/aromatic N) is 3. The van der Waals surface area contributed by atoms with Gasteiger partial charge in [0.1, 0.15) is 16.5 Å². The third-order valence-corrected chi connectivity index (χ3v) is 27.0. The first-order chi connectivity index (χ1) is 60.0. The molecule has 13 nitrogen and oxygen atoms in total. The van der Waals surface area contributed by atoms with Crippen LogP contribution in [-0.4, -0.2) is 87.3 Å². The molecule has 18 rings (SSSR count). The quantitative estimate of drug-likeness (QED) is 0.0285. The Kier molecular flexibility index (Phi) is 51.6. The normalized spacial score (nSPS) is 15.7. The number of esters is 3. The zero-order valence-corrected chi connectivity index (χ0v) is 99.1. The van der Waals surface area contributed by atoms with Crippen molar-refractivity contribution in [2.45, 2.75) is 119 Å². The number of carbonyl (C=O) groups is 6. The summed E-state index contributed by atoms with van der Waals surface area (Å²) in [6.07, 6.45) is 9.31. The molecule has 128 heavy (non-hydrogen) atoms. The van der Waals surface area contributed by atoms with Crippen LogP contribution in [0.5, 0.6) is 15.2 Å². The second-order valence-corrected chi connectivity index (χ2v) is 98.4. The van der Waals surface area contributed by atoms with Crippen molar-refractivity contribution in [1.29, 1.82) is 0 Å². The number of ether oxygens (including phenoxy) is 3. The van der Waals surface area contributed by atoms with Gasteiger partial charge in [0.2, 0.25) is 5.12 Å². The summed E-state index contributed by atoms with van der Waals surface area (Å²) in [5.74, 6) is -1.07. The van der Waals surface area contributed by atoms with Crippen LogP contribution in [0.15, 0.2) is 260 Å². The second-order valence-electron chi connectivity index (χ2n) is 29.6. The fourth-order valence-electron chi connectivity index (χ4n) is 16.1. The Morgan fingerprint density at radius 3 is 1.21 bits per heavy atom. The maximum Gasteiger partial charge on any atom is 0 e. The number of Topliss-reactive ketones (excluding diaryl/α,β-unsaturated/α-hetero) is 2. The summed E-state index contributed by atoms with van der Waals surface area (Å²) >= 11 is 26.8. The van der Waals surface area contributed by atoms with E-state index in [0.29, 0.717) is 62.3 Å². The molecule has 0 bridgehead atoms. The van der Waals surface area contributed by atoms with Crippen molar-refractivity contribution in [3.63, 3.8) is 0 Å². The van der Waals surface area contributed by atoms with E-state index in [1.807, 2.05) is 24.3 Å². The number of benzene rings is 8.